The third-order valence-electron chi connectivity index (χ3n) is 10.0. The summed E-state index contributed by atoms with van der Waals surface area (Å²) in [4.78, 5) is 31.2. The second-order valence-corrected chi connectivity index (χ2v) is 13.9. The molecule has 4 aromatic rings. The molecular formula is C45H58N4O8. The van der Waals surface area contributed by atoms with Crippen LogP contribution in [0.1, 0.15) is 84.4 Å². The average molecular weight is 783 g/mol. The molecule has 1 aromatic heterocycles. The number of fused-ring (bicyclic) bond motifs is 1. The molecule has 2 atom stereocenters. The number of pyridine rings is 1. The van der Waals surface area contributed by atoms with Gasteiger partial charge in [0.15, 0.2) is 0 Å². The van der Waals surface area contributed by atoms with Crippen LogP contribution < -0.4 is 15.5 Å². The highest BCUT2D eigenvalue weighted by Crippen LogP contribution is 2.34. The van der Waals surface area contributed by atoms with Gasteiger partial charge in [0.1, 0.15) is 6.23 Å². The number of rotatable bonds is 25. The Labute approximate surface area is 336 Å². The van der Waals surface area contributed by atoms with Crippen molar-refractivity contribution in [3.05, 3.63) is 113 Å². The minimum atomic E-state index is -0.893. The number of hydrogen-bond acceptors (Lipinski definition) is 10. The van der Waals surface area contributed by atoms with Crippen molar-refractivity contribution in [1.29, 1.82) is 0 Å². The van der Waals surface area contributed by atoms with E-state index in [1.54, 1.807) is 6.20 Å². The molecule has 1 aliphatic carbocycles. The number of hydrogen-bond donors (Lipinski definition) is 4. The van der Waals surface area contributed by atoms with E-state index in [-0.39, 0.29) is 25.0 Å². The van der Waals surface area contributed by atoms with Crippen LogP contribution in [0, 0.1) is 0 Å². The predicted octanol–water partition coefficient (Wildman–Crippen LogP) is 6.98. The molecule has 4 N–H and O–H groups in total. The van der Waals surface area contributed by atoms with Crippen LogP contribution >= 0.6 is 0 Å². The fourth-order valence-electron chi connectivity index (χ4n) is 6.98. The number of aliphatic hydroxyl groups excluding tert-OH is 1. The first-order valence-corrected chi connectivity index (χ1v) is 20.2. The zero-order valence-corrected chi connectivity index (χ0v) is 33.3. The third kappa shape index (κ3) is 13.7. The molecular weight excluding hydrogens is 725 g/mol. The number of aliphatic hydroxyl groups is 1. The molecule has 1 heterocycles. The molecule has 306 valence electrons. The normalized spacial score (nSPS) is 14.2. The van der Waals surface area contributed by atoms with E-state index in [0.717, 1.165) is 62.0 Å². The van der Waals surface area contributed by atoms with E-state index in [1.807, 2.05) is 48.5 Å². The van der Waals surface area contributed by atoms with Gasteiger partial charge in [-0.25, -0.2) is 0 Å². The van der Waals surface area contributed by atoms with E-state index >= 15 is 0 Å². The lowest BCUT2D eigenvalue weighted by molar-refractivity contribution is -0.138. The predicted molar refractivity (Wildman–Crippen MR) is 222 cm³/mol. The van der Waals surface area contributed by atoms with Gasteiger partial charge >= 0.3 is 5.97 Å². The summed E-state index contributed by atoms with van der Waals surface area (Å²) in [6.07, 6.45) is 5.43. The summed E-state index contributed by atoms with van der Waals surface area (Å²) in [5.74, 6) is -1.10. The second kappa shape index (κ2) is 23.5. The molecule has 0 bridgehead atoms. The van der Waals surface area contributed by atoms with Gasteiger partial charge in [0.2, 0.25) is 0 Å². The highest BCUT2D eigenvalue weighted by Gasteiger charge is 2.23. The van der Waals surface area contributed by atoms with E-state index < -0.39 is 12.2 Å². The van der Waals surface area contributed by atoms with Gasteiger partial charge in [-0.1, -0.05) is 36.4 Å². The molecule has 0 saturated carbocycles. The number of ether oxygens (including phenoxy) is 4. The standard InChI is InChI=1S/C45H58N4O8/c1-3-49(4-2)37-17-18-41(39(32-37)42-31-36(19-21-46-42)45(53)47-40-16-8-13-34-12-5-6-15-38(34)40)48-44(52)35-14-7-10-33(30-35)11-9-22-54-24-26-56-28-29-57-27-25-55-23-20-43(50)51/h5-7,10,12,14-15,17-19,21,30-32,40,45,47,53H,3-4,8-9,11,13,16,20,22-29H2,1-2H3,(H,48,52)(H,50,51)/t40-,45?/m0/s1. The van der Waals surface area contributed by atoms with Crippen LogP contribution in [0.4, 0.5) is 11.4 Å². The maximum absolute atomic E-state index is 13.7. The Bertz CT molecular complexity index is 1850. The van der Waals surface area contributed by atoms with E-state index in [9.17, 15) is 14.7 Å². The molecule has 0 fully saturated rings. The van der Waals surface area contributed by atoms with Crippen LogP contribution in [0.25, 0.3) is 11.3 Å². The highest BCUT2D eigenvalue weighted by atomic mass is 16.6. The number of benzene rings is 3. The Morgan fingerprint density at radius 1 is 0.842 bits per heavy atom. The van der Waals surface area contributed by atoms with Gasteiger partial charge in [-0.3, -0.25) is 19.9 Å². The van der Waals surface area contributed by atoms with Gasteiger partial charge in [0, 0.05) is 48.7 Å². The topological polar surface area (TPSA) is 152 Å². The number of carbonyl (C=O) groups is 2. The molecule has 1 aliphatic rings. The Balaban J connectivity index is 1.14. The minimum Gasteiger partial charge on any atom is -0.481 e. The summed E-state index contributed by atoms with van der Waals surface area (Å²) in [5, 5.41) is 26.6. The lowest BCUT2D eigenvalue weighted by atomic mass is 9.87. The minimum absolute atomic E-state index is 0.0147. The molecule has 0 saturated heterocycles. The zero-order valence-electron chi connectivity index (χ0n) is 33.3. The van der Waals surface area contributed by atoms with Crippen molar-refractivity contribution in [2.75, 3.05) is 76.2 Å². The number of carboxylic acid groups (broad SMARTS) is 1. The number of carbonyl (C=O) groups excluding carboxylic acids is 1. The number of aliphatic carboxylic acids is 1. The van der Waals surface area contributed by atoms with Gasteiger partial charge in [0.25, 0.3) is 5.91 Å². The molecule has 1 unspecified atom stereocenters. The molecule has 0 spiro atoms. The molecule has 12 nitrogen and oxygen atoms in total. The third-order valence-corrected chi connectivity index (χ3v) is 10.0. The fourth-order valence-corrected chi connectivity index (χ4v) is 6.98. The first kappa shape index (κ1) is 43.4. The summed E-state index contributed by atoms with van der Waals surface area (Å²) in [7, 11) is 0. The molecule has 57 heavy (non-hydrogen) atoms. The highest BCUT2D eigenvalue weighted by molar-refractivity contribution is 6.06. The number of aryl methyl sites for hydroxylation is 2. The number of nitrogens with zero attached hydrogens (tertiary/aromatic N) is 2. The van der Waals surface area contributed by atoms with Crippen molar-refractivity contribution >= 4 is 23.3 Å². The van der Waals surface area contributed by atoms with Gasteiger partial charge < -0.3 is 39.4 Å². The van der Waals surface area contributed by atoms with Crippen LogP contribution in [-0.2, 0) is 36.6 Å². The van der Waals surface area contributed by atoms with Crippen LogP contribution in [-0.4, -0.2) is 93.0 Å². The Kier molecular flexibility index (Phi) is 17.9. The summed E-state index contributed by atoms with van der Waals surface area (Å²) >= 11 is 0. The fraction of sp³-hybridized carbons (Fsp3) is 0.444. The van der Waals surface area contributed by atoms with Crippen molar-refractivity contribution in [2.24, 2.45) is 0 Å². The summed E-state index contributed by atoms with van der Waals surface area (Å²) in [5.41, 5.74) is 7.97. The van der Waals surface area contributed by atoms with E-state index in [1.165, 1.54) is 11.1 Å². The van der Waals surface area contributed by atoms with Crippen LogP contribution in [0.3, 0.4) is 0 Å². The zero-order chi connectivity index (χ0) is 40.2. The molecule has 12 heteroatoms. The van der Waals surface area contributed by atoms with Gasteiger partial charge in [-0.15, -0.1) is 0 Å². The van der Waals surface area contributed by atoms with Gasteiger partial charge in [0.05, 0.1) is 64.1 Å². The van der Waals surface area contributed by atoms with Crippen molar-refractivity contribution in [2.45, 2.75) is 64.6 Å². The van der Waals surface area contributed by atoms with Crippen LogP contribution in [0.2, 0.25) is 0 Å². The van der Waals surface area contributed by atoms with E-state index in [0.29, 0.717) is 68.8 Å². The Hall–Kier alpha value is -4.69. The van der Waals surface area contributed by atoms with Crippen molar-refractivity contribution in [3.8, 4) is 11.3 Å². The van der Waals surface area contributed by atoms with Crippen LogP contribution in [0.5, 0.6) is 0 Å². The van der Waals surface area contributed by atoms with Crippen molar-refractivity contribution in [3.63, 3.8) is 0 Å². The number of anilines is 2. The lowest BCUT2D eigenvalue weighted by Gasteiger charge is -2.29. The average Bonchev–Trinajstić information content (AvgIpc) is 3.23. The maximum atomic E-state index is 13.7. The molecule has 1 amide bonds. The van der Waals surface area contributed by atoms with E-state index in [4.69, 9.17) is 29.0 Å². The first-order chi connectivity index (χ1) is 27.9. The summed E-state index contributed by atoms with van der Waals surface area (Å²) in [6, 6.07) is 25.9. The quantitative estimate of drug-likeness (QED) is 0.0407. The number of carboxylic acids is 1. The number of amides is 1. The molecule has 0 aliphatic heterocycles. The van der Waals surface area contributed by atoms with Gasteiger partial charge in [-0.05, 0) is 111 Å². The first-order valence-electron chi connectivity index (χ1n) is 20.2. The lowest BCUT2D eigenvalue weighted by Crippen LogP contribution is -2.29. The largest absolute Gasteiger partial charge is 0.481 e. The van der Waals surface area contributed by atoms with Crippen molar-refractivity contribution in [1.82, 2.24) is 10.3 Å². The molecule has 3 aromatic carbocycles. The second-order valence-electron chi connectivity index (χ2n) is 13.9. The van der Waals surface area contributed by atoms with Crippen LogP contribution in [0.15, 0.2) is 85.1 Å². The monoisotopic (exact) mass is 782 g/mol. The molecule has 0 radical (unpaired) electrons. The summed E-state index contributed by atoms with van der Waals surface area (Å²) < 4.78 is 21.8. The summed E-state index contributed by atoms with van der Waals surface area (Å²) in [6.45, 7) is 9.18. The van der Waals surface area contributed by atoms with Crippen molar-refractivity contribution < 1.29 is 38.7 Å². The molecule has 5 rings (SSSR count). The Morgan fingerprint density at radius 3 is 2.30 bits per heavy atom. The smallest absolute Gasteiger partial charge is 0.305 e. The maximum Gasteiger partial charge on any atom is 0.305 e. The Morgan fingerprint density at radius 2 is 1.56 bits per heavy atom. The van der Waals surface area contributed by atoms with Gasteiger partial charge in [-0.2, -0.15) is 0 Å². The SMILES string of the molecule is CCN(CC)c1ccc(NC(=O)c2cccc(CCCOCCOCCOCCOCCC(=O)O)c2)c(-c2cc(C(O)N[C@H]3CCCc4ccccc43)ccn2)c1. The number of nitrogens with one attached hydrogen (secondary N) is 2. The van der Waals surface area contributed by atoms with E-state index in [2.05, 4.69) is 59.7 Å². The number of aromatic nitrogens is 1.